The van der Waals surface area contributed by atoms with Crippen molar-refractivity contribution in [2.75, 3.05) is 23.8 Å². The second-order valence-electron chi connectivity index (χ2n) is 9.58. The van der Waals surface area contributed by atoms with Gasteiger partial charge in [-0.25, -0.2) is 14.4 Å². The van der Waals surface area contributed by atoms with Crippen LogP contribution in [-0.2, 0) is 9.53 Å². The van der Waals surface area contributed by atoms with Crippen LogP contribution in [0.15, 0.2) is 18.3 Å². The average Bonchev–Trinajstić information content (AvgIpc) is 3.20. The zero-order chi connectivity index (χ0) is 25.4. The van der Waals surface area contributed by atoms with Gasteiger partial charge in [0.1, 0.15) is 11.3 Å². The Morgan fingerprint density at radius 1 is 1.19 bits per heavy atom. The van der Waals surface area contributed by atoms with Gasteiger partial charge >= 0.3 is 0 Å². The van der Waals surface area contributed by atoms with Crippen LogP contribution < -0.4 is 16.4 Å². The predicted octanol–water partition coefficient (Wildman–Crippen LogP) is 5.07. The maximum absolute atomic E-state index is 14.8. The molecule has 12 heteroatoms. The predicted molar refractivity (Wildman–Crippen MR) is 137 cm³/mol. The third-order valence-corrected chi connectivity index (χ3v) is 7.61. The summed E-state index contributed by atoms with van der Waals surface area (Å²) in [6.45, 7) is 3.50. The van der Waals surface area contributed by atoms with Crippen LogP contribution in [0.3, 0.4) is 0 Å². The minimum Gasteiger partial charge on any atom is -0.381 e. The number of nitrogens with one attached hydrogen (secondary N) is 2. The largest absolute Gasteiger partial charge is 0.381 e. The number of hydrogen-bond acceptors (Lipinski definition) is 7. The molecule has 0 bridgehead atoms. The number of imidazole rings is 1. The summed E-state index contributed by atoms with van der Waals surface area (Å²) >= 11 is 12.2. The highest BCUT2D eigenvalue weighted by Crippen LogP contribution is 2.38. The first-order chi connectivity index (χ1) is 17.3. The Morgan fingerprint density at radius 3 is 2.67 bits per heavy atom. The van der Waals surface area contributed by atoms with Gasteiger partial charge < -0.3 is 21.1 Å². The molecular weight excluding hydrogens is 508 g/mol. The van der Waals surface area contributed by atoms with Gasteiger partial charge in [-0.3, -0.25) is 9.36 Å². The van der Waals surface area contributed by atoms with E-state index in [-0.39, 0.29) is 39.6 Å². The van der Waals surface area contributed by atoms with Crippen molar-refractivity contribution in [1.29, 1.82) is 0 Å². The van der Waals surface area contributed by atoms with Crippen molar-refractivity contribution < 1.29 is 13.9 Å². The van der Waals surface area contributed by atoms with E-state index in [1.807, 2.05) is 4.57 Å². The first kappa shape index (κ1) is 25.0. The van der Waals surface area contributed by atoms with Gasteiger partial charge in [0, 0.05) is 29.6 Å². The number of fused-ring (bicyclic) bond motifs is 1. The Kier molecular flexibility index (Phi) is 7.18. The van der Waals surface area contributed by atoms with E-state index in [2.05, 4.69) is 27.5 Å². The maximum Gasteiger partial charge on any atom is 0.224 e. The van der Waals surface area contributed by atoms with Crippen molar-refractivity contribution in [3.05, 3.63) is 34.2 Å². The van der Waals surface area contributed by atoms with Crippen LogP contribution in [0.25, 0.3) is 11.2 Å². The van der Waals surface area contributed by atoms with Crippen LogP contribution >= 0.6 is 23.2 Å². The minimum atomic E-state index is -0.592. The number of carbonyl (C=O) groups excluding carboxylic acids is 1. The zero-order valence-corrected chi connectivity index (χ0v) is 21.3. The Balaban J connectivity index is 1.53. The number of aromatic nitrogens is 4. The number of ether oxygens (including phenoxy) is 1. The third-order valence-electron chi connectivity index (χ3n) is 7.10. The summed E-state index contributed by atoms with van der Waals surface area (Å²) in [5, 5.41) is 6.83. The molecule has 1 saturated carbocycles. The zero-order valence-electron chi connectivity index (χ0n) is 19.8. The average molecular weight is 536 g/mol. The molecule has 1 saturated heterocycles. The van der Waals surface area contributed by atoms with E-state index in [0.29, 0.717) is 67.9 Å². The second-order valence-corrected chi connectivity index (χ2v) is 10.4. The highest BCUT2D eigenvalue weighted by Gasteiger charge is 2.30. The molecule has 2 aromatic heterocycles. The van der Waals surface area contributed by atoms with Crippen molar-refractivity contribution in [2.24, 2.45) is 17.6 Å². The number of halogens is 3. The summed E-state index contributed by atoms with van der Waals surface area (Å²) in [6.07, 6.45) is 5.24. The van der Waals surface area contributed by atoms with E-state index < -0.39 is 5.82 Å². The smallest absolute Gasteiger partial charge is 0.224 e. The van der Waals surface area contributed by atoms with Crippen molar-refractivity contribution >= 4 is 57.9 Å². The second kappa shape index (κ2) is 10.4. The van der Waals surface area contributed by atoms with E-state index in [9.17, 15) is 9.18 Å². The Bertz CT molecular complexity index is 1260. The maximum atomic E-state index is 14.8. The van der Waals surface area contributed by atoms with E-state index in [1.54, 1.807) is 6.20 Å². The van der Waals surface area contributed by atoms with Crippen LogP contribution in [-0.4, -0.2) is 44.7 Å². The molecular formula is C24H28Cl2FN7O2. The van der Waals surface area contributed by atoms with Gasteiger partial charge in [-0.15, -0.1) is 0 Å². The molecule has 2 fully saturated rings. The molecule has 1 aromatic carbocycles. The lowest BCUT2D eigenvalue weighted by molar-refractivity contribution is -0.122. The van der Waals surface area contributed by atoms with Crippen LogP contribution in [0.4, 0.5) is 22.0 Å². The number of rotatable bonds is 6. The van der Waals surface area contributed by atoms with Gasteiger partial charge in [0.15, 0.2) is 5.65 Å². The molecule has 1 aliphatic carbocycles. The summed E-state index contributed by atoms with van der Waals surface area (Å²) in [7, 11) is 0. The molecule has 9 nitrogen and oxygen atoms in total. The summed E-state index contributed by atoms with van der Waals surface area (Å²) in [4.78, 5) is 25.7. The lowest BCUT2D eigenvalue weighted by atomic mass is 9.85. The van der Waals surface area contributed by atoms with E-state index in [4.69, 9.17) is 38.7 Å². The van der Waals surface area contributed by atoms with Crippen LogP contribution in [0.1, 0.15) is 45.1 Å². The van der Waals surface area contributed by atoms with E-state index in [1.165, 1.54) is 12.1 Å². The van der Waals surface area contributed by atoms with Crippen molar-refractivity contribution in [3.63, 3.8) is 0 Å². The molecule has 1 amide bonds. The van der Waals surface area contributed by atoms with Crippen molar-refractivity contribution in [1.82, 2.24) is 19.5 Å². The summed E-state index contributed by atoms with van der Waals surface area (Å²) in [6, 6.07) is 2.83. The van der Waals surface area contributed by atoms with Gasteiger partial charge in [-0.05, 0) is 50.2 Å². The van der Waals surface area contributed by atoms with Crippen LogP contribution in [0.5, 0.6) is 0 Å². The number of primary amides is 1. The van der Waals surface area contributed by atoms with Gasteiger partial charge in [-0.1, -0.05) is 30.1 Å². The number of hydrogen-bond donors (Lipinski definition) is 3. The van der Waals surface area contributed by atoms with Gasteiger partial charge in [0.25, 0.3) is 0 Å². The molecule has 5 rings (SSSR count). The molecule has 3 heterocycles. The number of benzene rings is 1. The fourth-order valence-corrected chi connectivity index (χ4v) is 5.56. The summed E-state index contributed by atoms with van der Waals surface area (Å²) in [5.74, 6) is 0.177. The van der Waals surface area contributed by atoms with Gasteiger partial charge in [0.2, 0.25) is 17.8 Å². The molecule has 1 aliphatic heterocycles. The first-order valence-corrected chi connectivity index (χ1v) is 12.9. The van der Waals surface area contributed by atoms with E-state index in [0.717, 1.165) is 6.42 Å². The topological polar surface area (TPSA) is 120 Å². The minimum absolute atomic E-state index is 0.0213. The highest BCUT2D eigenvalue weighted by atomic mass is 35.5. The molecule has 2 atom stereocenters. The van der Waals surface area contributed by atoms with Crippen LogP contribution in [0.2, 0.25) is 10.0 Å². The summed E-state index contributed by atoms with van der Waals surface area (Å²) < 4.78 is 22.3. The molecule has 2 aliphatic rings. The number of anilines is 3. The molecule has 0 spiro atoms. The Labute approximate surface area is 217 Å². The lowest BCUT2D eigenvalue weighted by Crippen LogP contribution is -2.36. The Morgan fingerprint density at radius 2 is 1.97 bits per heavy atom. The molecule has 192 valence electrons. The van der Waals surface area contributed by atoms with Gasteiger partial charge in [-0.2, -0.15) is 4.98 Å². The molecule has 0 unspecified atom stereocenters. The van der Waals surface area contributed by atoms with Gasteiger partial charge in [0.05, 0.1) is 23.5 Å². The molecule has 4 N–H and O–H groups in total. The van der Waals surface area contributed by atoms with Crippen molar-refractivity contribution in [3.8, 4) is 0 Å². The first-order valence-electron chi connectivity index (χ1n) is 12.1. The Hall–Kier alpha value is -2.69. The third kappa shape index (κ3) is 5.07. The fourth-order valence-electron chi connectivity index (χ4n) is 5.05. The molecule has 0 radical (unpaired) electrons. The summed E-state index contributed by atoms with van der Waals surface area (Å²) in [5.41, 5.74) is 6.79. The SMILES string of the molecule is C[C@H]1COCC[C@@H]1Nc1ncc2nc(Nc3c(F)cc(Cl)cc3Cl)n([C@H]3CC[C@H](C(N)=O)CC3)c2n1. The highest BCUT2D eigenvalue weighted by molar-refractivity contribution is 6.36. The quantitative estimate of drug-likeness (QED) is 0.402. The van der Waals surface area contributed by atoms with Crippen molar-refractivity contribution in [2.45, 2.75) is 51.1 Å². The number of nitrogens with two attached hydrogens (primary N) is 1. The lowest BCUT2D eigenvalue weighted by Gasteiger charge is -2.30. The standard InChI is InChI=1S/C24H28Cl2FN7O2/c1-12-11-36-7-6-18(12)30-23-29-10-19-22(33-23)34(15-4-2-13(3-5-15)21(28)35)24(31-19)32-20-16(26)8-14(25)9-17(20)27/h8-10,12-13,15,18H,2-7,11H2,1H3,(H2,28,35)(H,31,32)(H,29,30,33)/t12-,13-,15-,18-/m0/s1. The fraction of sp³-hybridized carbons (Fsp3) is 0.500. The number of amides is 1. The monoisotopic (exact) mass is 535 g/mol. The molecule has 3 aromatic rings. The molecule has 36 heavy (non-hydrogen) atoms. The number of carbonyl (C=O) groups is 1. The number of nitrogens with zero attached hydrogens (tertiary/aromatic N) is 4. The normalized spacial score (nSPS) is 24.6. The van der Waals surface area contributed by atoms with E-state index >= 15 is 0 Å². The van der Waals surface area contributed by atoms with Crippen LogP contribution in [0, 0.1) is 17.7 Å².